The number of carbonyl (C=O) groups excluding carboxylic acids is 1. The Bertz CT molecular complexity index is 474. The van der Waals surface area contributed by atoms with Crippen LogP contribution in [0.25, 0.3) is 10.4 Å². The van der Waals surface area contributed by atoms with Crippen LogP contribution in [0.15, 0.2) is 27.8 Å². The van der Waals surface area contributed by atoms with Crippen molar-refractivity contribution in [1.29, 1.82) is 0 Å². The topological polar surface area (TPSA) is 77.9 Å². The largest absolute Gasteiger partial charge is 0.352 e. The smallest absolute Gasteiger partial charge is 0.254 e. The molecule has 0 fully saturated rings. The Hall–Kier alpha value is -1.59. The molecule has 1 aromatic carbocycles. The molecule has 0 atom stereocenters. The molecule has 0 aliphatic carbocycles. The van der Waals surface area contributed by atoms with Crippen molar-refractivity contribution in [1.82, 2.24) is 5.32 Å². The highest BCUT2D eigenvalue weighted by atomic mass is 79.9. The fourth-order valence-corrected chi connectivity index (χ4v) is 1.66. The highest BCUT2D eigenvalue weighted by Gasteiger charge is 2.10. The van der Waals surface area contributed by atoms with Crippen LogP contribution in [-0.2, 0) is 0 Å². The van der Waals surface area contributed by atoms with E-state index < -0.39 is 11.7 Å². The number of azide groups is 1. The second kappa shape index (κ2) is 7.68. The number of unbranched alkanes of at least 4 members (excludes halogenated alkanes) is 1. The molecule has 96 valence electrons. The van der Waals surface area contributed by atoms with Gasteiger partial charge in [0.05, 0.1) is 5.56 Å². The lowest BCUT2D eigenvalue weighted by Crippen LogP contribution is -2.25. The Balaban J connectivity index is 2.38. The predicted octanol–water partition coefficient (Wildman–Crippen LogP) is 3.41. The third kappa shape index (κ3) is 4.73. The number of amides is 1. The molecule has 0 bridgehead atoms. The van der Waals surface area contributed by atoms with Gasteiger partial charge in [0.1, 0.15) is 5.82 Å². The molecule has 18 heavy (non-hydrogen) atoms. The number of rotatable bonds is 6. The number of hydrogen-bond donors (Lipinski definition) is 1. The SMILES string of the molecule is [N-]=[N+]=NCCCCNC(=O)c1ccc(Br)cc1F. The maximum atomic E-state index is 13.4. The predicted molar refractivity (Wildman–Crippen MR) is 69.7 cm³/mol. The summed E-state index contributed by atoms with van der Waals surface area (Å²) in [6, 6.07) is 4.28. The average Bonchev–Trinajstić information content (AvgIpc) is 2.33. The van der Waals surface area contributed by atoms with Crippen LogP contribution < -0.4 is 5.32 Å². The van der Waals surface area contributed by atoms with Gasteiger partial charge in [0, 0.05) is 22.5 Å². The lowest BCUT2D eigenvalue weighted by Gasteiger charge is -2.05. The van der Waals surface area contributed by atoms with Crippen molar-refractivity contribution in [3.8, 4) is 0 Å². The molecule has 1 amide bonds. The first kappa shape index (κ1) is 14.5. The van der Waals surface area contributed by atoms with Crippen molar-refractivity contribution < 1.29 is 9.18 Å². The standard InChI is InChI=1S/C11H12BrFN4O/c12-8-3-4-9(10(13)7-8)11(18)15-5-1-2-6-16-17-14/h3-4,7H,1-2,5-6H2,(H,15,18). The minimum atomic E-state index is -0.559. The van der Waals surface area contributed by atoms with Crippen LogP contribution in [0.2, 0.25) is 0 Å². The van der Waals surface area contributed by atoms with Crippen LogP contribution in [0.4, 0.5) is 4.39 Å². The summed E-state index contributed by atoms with van der Waals surface area (Å²) in [7, 11) is 0. The van der Waals surface area contributed by atoms with E-state index in [0.29, 0.717) is 30.4 Å². The molecule has 0 heterocycles. The fraction of sp³-hybridized carbons (Fsp3) is 0.364. The van der Waals surface area contributed by atoms with Gasteiger partial charge in [0.2, 0.25) is 0 Å². The Labute approximate surface area is 112 Å². The van der Waals surface area contributed by atoms with E-state index in [2.05, 4.69) is 31.3 Å². The van der Waals surface area contributed by atoms with Gasteiger partial charge in [0.25, 0.3) is 5.91 Å². The number of hydrogen-bond acceptors (Lipinski definition) is 2. The third-order valence-corrected chi connectivity index (χ3v) is 2.70. The third-order valence-electron chi connectivity index (χ3n) is 2.21. The molecule has 0 aromatic heterocycles. The molecule has 0 saturated carbocycles. The first-order valence-electron chi connectivity index (χ1n) is 5.39. The zero-order chi connectivity index (χ0) is 13.4. The number of carbonyl (C=O) groups is 1. The molecular formula is C11H12BrFN4O. The molecular weight excluding hydrogens is 303 g/mol. The van der Waals surface area contributed by atoms with Crippen LogP contribution in [0.5, 0.6) is 0 Å². The second-order valence-electron chi connectivity index (χ2n) is 3.54. The van der Waals surface area contributed by atoms with Gasteiger partial charge < -0.3 is 5.32 Å². The first-order valence-corrected chi connectivity index (χ1v) is 6.18. The van der Waals surface area contributed by atoms with Crippen molar-refractivity contribution in [3.63, 3.8) is 0 Å². The Morgan fingerprint density at radius 2 is 2.28 bits per heavy atom. The number of benzene rings is 1. The van der Waals surface area contributed by atoms with E-state index in [9.17, 15) is 9.18 Å². The van der Waals surface area contributed by atoms with Crippen molar-refractivity contribution in [2.45, 2.75) is 12.8 Å². The summed E-state index contributed by atoms with van der Waals surface area (Å²) < 4.78 is 14.0. The van der Waals surface area contributed by atoms with Crippen LogP contribution in [0.3, 0.4) is 0 Å². The quantitative estimate of drug-likeness (QED) is 0.371. The fourth-order valence-electron chi connectivity index (χ4n) is 1.32. The van der Waals surface area contributed by atoms with Crippen molar-refractivity contribution >= 4 is 21.8 Å². The van der Waals surface area contributed by atoms with Gasteiger partial charge in [0.15, 0.2) is 0 Å². The highest BCUT2D eigenvalue weighted by molar-refractivity contribution is 9.10. The van der Waals surface area contributed by atoms with E-state index in [1.165, 1.54) is 12.1 Å². The normalized spacial score (nSPS) is 9.67. The Kier molecular flexibility index (Phi) is 6.18. The average molecular weight is 315 g/mol. The number of nitrogens with zero attached hydrogens (tertiary/aromatic N) is 3. The summed E-state index contributed by atoms with van der Waals surface area (Å²) >= 11 is 3.12. The molecule has 5 nitrogen and oxygen atoms in total. The van der Waals surface area contributed by atoms with E-state index in [1.807, 2.05) is 0 Å². The summed E-state index contributed by atoms with van der Waals surface area (Å²) in [4.78, 5) is 14.2. The van der Waals surface area contributed by atoms with E-state index in [0.717, 1.165) is 0 Å². The zero-order valence-corrected chi connectivity index (χ0v) is 11.2. The molecule has 0 spiro atoms. The molecule has 1 aromatic rings. The molecule has 0 aliphatic heterocycles. The first-order chi connectivity index (χ1) is 8.65. The minimum Gasteiger partial charge on any atom is -0.352 e. The Morgan fingerprint density at radius 1 is 1.50 bits per heavy atom. The van der Waals surface area contributed by atoms with Gasteiger partial charge >= 0.3 is 0 Å². The second-order valence-corrected chi connectivity index (χ2v) is 4.46. The molecule has 1 rings (SSSR count). The van der Waals surface area contributed by atoms with Crippen LogP contribution in [-0.4, -0.2) is 19.0 Å². The van der Waals surface area contributed by atoms with Crippen LogP contribution in [0.1, 0.15) is 23.2 Å². The highest BCUT2D eigenvalue weighted by Crippen LogP contribution is 2.15. The van der Waals surface area contributed by atoms with Gasteiger partial charge in [-0.2, -0.15) is 0 Å². The summed E-state index contributed by atoms with van der Waals surface area (Å²) in [5, 5.41) is 5.98. The lowest BCUT2D eigenvalue weighted by atomic mass is 10.2. The van der Waals surface area contributed by atoms with E-state index >= 15 is 0 Å². The Morgan fingerprint density at radius 3 is 2.94 bits per heavy atom. The minimum absolute atomic E-state index is 0.0215. The molecule has 1 N–H and O–H groups in total. The van der Waals surface area contributed by atoms with Gasteiger partial charge in [-0.3, -0.25) is 4.79 Å². The van der Waals surface area contributed by atoms with E-state index in [-0.39, 0.29) is 5.56 Å². The molecule has 7 heteroatoms. The van der Waals surface area contributed by atoms with Crippen molar-refractivity contribution in [3.05, 3.63) is 44.5 Å². The van der Waals surface area contributed by atoms with Gasteiger partial charge in [-0.25, -0.2) is 4.39 Å². The summed E-state index contributed by atoms with van der Waals surface area (Å²) in [5.41, 5.74) is 8.08. The van der Waals surface area contributed by atoms with Crippen LogP contribution in [0, 0.1) is 5.82 Å². The van der Waals surface area contributed by atoms with E-state index in [4.69, 9.17) is 5.53 Å². The molecule has 0 unspecified atom stereocenters. The molecule has 0 saturated heterocycles. The van der Waals surface area contributed by atoms with Gasteiger partial charge in [-0.05, 0) is 36.6 Å². The van der Waals surface area contributed by atoms with E-state index in [1.54, 1.807) is 6.07 Å². The maximum absolute atomic E-state index is 13.4. The number of nitrogens with one attached hydrogen (secondary N) is 1. The van der Waals surface area contributed by atoms with Crippen molar-refractivity contribution in [2.24, 2.45) is 5.11 Å². The monoisotopic (exact) mass is 314 g/mol. The summed E-state index contributed by atoms with van der Waals surface area (Å²) in [5.74, 6) is -1.00. The van der Waals surface area contributed by atoms with Gasteiger partial charge in [-0.1, -0.05) is 21.0 Å². The van der Waals surface area contributed by atoms with Gasteiger partial charge in [-0.15, -0.1) is 0 Å². The molecule has 0 aliphatic rings. The lowest BCUT2D eigenvalue weighted by molar-refractivity contribution is 0.0949. The summed E-state index contributed by atoms with van der Waals surface area (Å²) in [6.45, 7) is 0.828. The zero-order valence-electron chi connectivity index (χ0n) is 9.57. The molecule has 0 radical (unpaired) electrons. The van der Waals surface area contributed by atoms with Crippen molar-refractivity contribution in [2.75, 3.05) is 13.1 Å². The van der Waals surface area contributed by atoms with Crippen LogP contribution >= 0.6 is 15.9 Å². The maximum Gasteiger partial charge on any atom is 0.254 e. The number of halogens is 2. The summed E-state index contributed by atoms with van der Waals surface area (Å²) in [6.07, 6.45) is 1.37.